The number of carboxylic acid groups (broad SMARTS) is 1. The van der Waals surface area contributed by atoms with Crippen molar-refractivity contribution in [2.24, 2.45) is 62.1 Å². The van der Waals surface area contributed by atoms with Crippen LogP contribution in [0.1, 0.15) is 139 Å². The summed E-state index contributed by atoms with van der Waals surface area (Å²) in [7, 11) is 0. The van der Waals surface area contributed by atoms with Gasteiger partial charge in [0, 0.05) is 23.8 Å². The lowest BCUT2D eigenvalue weighted by molar-refractivity contribution is -0.235. The lowest BCUT2D eigenvalue weighted by atomic mass is 9.33. The van der Waals surface area contributed by atoms with Gasteiger partial charge in [0.1, 0.15) is 6.10 Å². The topological polar surface area (TPSA) is 113 Å². The number of nitrogens with one attached hydrogen (secondary N) is 1. The van der Waals surface area contributed by atoms with Gasteiger partial charge in [-0.3, -0.25) is 14.4 Å². The molecule has 0 aromatic carbocycles. The standard InChI is InChI=1S/C41H65NO6/c1-24(2)33-27(43)20-41(30(44)23-42-22-25-10-11-25)19-18-39(8)26(34(33)41)12-13-29-38(7)16-15-31(48-32(45)21-36(3,4)35(46)47)37(5,6)28(38)14-17-40(29,39)9/h24-26,28-31,42,44H,10-23H2,1-9H3,(H,46,47)/t26-,28+,29-,30+,31+,38+,39-,40-,41+/m1/s1. The van der Waals surface area contributed by atoms with Gasteiger partial charge in [-0.1, -0.05) is 54.0 Å². The molecular weight excluding hydrogens is 602 g/mol. The molecule has 6 aliphatic carbocycles. The maximum absolute atomic E-state index is 13.9. The summed E-state index contributed by atoms with van der Waals surface area (Å²) in [6.07, 6.45) is 10.2. The van der Waals surface area contributed by atoms with Crippen LogP contribution in [-0.2, 0) is 19.1 Å². The zero-order valence-electron chi connectivity index (χ0n) is 31.5. The fourth-order valence-corrected chi connectivity index (χ4v) is 12.9. The number of aliphatic hydroxyl groups is 1. The number of Topliss-reactive ketones (excluding diaryl/α,β-unsaturated/α-hetero) is 1. The van der Waals surface area contributed by atoms with Crippen LogP contribution in [0.3, 0.4) is 0 Å². The minimum Gasteiger partial charge on any atom is -0.481 e. The number of fused-ring (bicyclic) bond motifs is 7. The van der Waals surface area contributed by atoms with Crippen LogP contribution in [0, 0.1) is 62.1 Å². The number of esters is 1. The number of hydrogen-bond donors (Lipinski definition) is 3. The van der Waals surface area contributed by atoms with E-state index in [4.69, 9.17) is 4.74 Å². The molecule has 6 aliphatic rings. The number of ketones is 1. The number of aliphatic hydroxyl groups excluding tert-OH is 1. The van der Waals surface area contributed by atoms with Gasteiger partial charge in [-0.2, -0.15) is 0 Å². The highest BCUT2D eigenvalue weighted by molar-refractivity contribution is 6.00. The van der Waals surface area contributed by atoms with Crippen LogP contribution in [0.5, 0.6) is 0 Å². The number of aliphatic carboxylic acids is 1. The molecule has 0 saturated heterocycles. The van der Waals surface area contributed by atoms with Crippen LogP contribution in [0.4, 0.5) is 0 Å². The van der Waals surface area contributed by atoms with Crippen molar-refractivity contribution in [2.75, 3.05) is 13.1 Å². The second-order valence-corrected chi connectivity index (χ2v) is 19.7. The second-order valence-electron chi connectivity index (χ2n) is 19.7. The fourth-order valence-electron chi connectivity index (χ4n) is 12.9. The van der Waals surface area contributed by atoms with E-state index in [1.807, 2.05) is 0 Å². The van der Waals surface area contributed by atoms with Crippen molar-refractivity contribution in [3.8, 4) is 0 Å². The smallest absolute Gasteiger partial charge is 0.309 e. The molecule has 0 unspecified atom stereocenters. The predicted molar refractivity (Wildman–Crippen MR) is 187 cm³/mol. The summed E-state index contributed by atoms with van der Waals surface area (Å²) in [5.74, 6) is 0.998. The van der Waals surface area contributed by atoms with Crippen molar-refractivity contribution < 1.29 is 29.3 Å². The molecule has 3 N–H and O–H groups in total. The zero-order valence-corrected chi connectivity index (χ0v) is 31.5. The quantitative estimate of drug-likeness (QED) is 0.204. The first-order valence-electron chi connectivity index (χ1n) is 19.3. The van der Waals surface area contributed by atoms with Crippen LogP contribution < -0.4 is 5.32 Å². The molecule has 0 aromatic heterocycles. The number of carboxylic acids is 1. The third-order valence-corrected chi connectivity index (χ3v) is 16.0. The van der Waals surface area contributed by atoms with Crippen LogP contribution >= 0.6 is 0 Å². The molecule has 0 amide bonds. The average Bonchev–Trinajstić information content (AvgIpc) is 3.74. The SMILES string of the molecule is CC(C)C1=C2[C@H]3CC[C@@H]4[C@@]5(C)CC[C@H](OC(=O)CC(C)(C)C(=O)O)C(C)(C)[C@@H]5CC[C@@]4(C)[C@]3(C)CC[C@@]2([C@@H](O)CNCC2CC2)CC1=O. The molecule has 0 spiro atoms. The van der Waals surface area contributed by atoms with E-state index in [-0.39, 0.29) is 45.9 Å². The Bertz CT molecular complexity index is 1360. The van der Waals surface area contributed by atoms with Gasteiger partial charge >= 0.3 is 11.9 Å². The Hall–Kier alpha value is -1.73. The van der Waals surface area contributed by atoms with Crippen molar-refractivity contribution in [1.82, 2.24) is 5.32 Å². The Morgan fingerprint density at radius 1 is 0.917 bits per heavy atom. The van der Waals surface area contributed by atoms with Crippen LogP contribution in [-0.4, -0.2) is 53.2 Å². The summed E-state index contributed by atoms with van der Waals surface area (Å²) in [6.45, 7) is 21.3. The number of carbonyl (C=O) groups is 3. The van der Waals surface area contributed by atoms with E-state index in [1.54, 1.807) is 13.8 Å². The molecule has 0 heterocycles. The van der Waals surface area contributed by atoms with Gasteiger partial charge in [0.2, 0.25) is 0 Å². The van der Waals surface area contributed by atoms with Gasteiger partial charge < -0.3 is 20.3 Å². The van der Waals surface area contributed by atoms with Crippen molar-refractivity contribution in [2.45, 2.75) is 152 Å². The number of ether oxygens (including phenoxy) is 1. The van der Waals surface area contributed by atoms with Crippen LogP contribution in [0.15, 0.2) is 11.1 Å². The van der Waals surface area contributed by atoms with E-state index in [9.17, 15) is 24.6 Å². The maximum atomic E-state index is 13.9. The van der Waals surface area contributed by atoms with E-state index in [1.165, 1.54) is 18.4 Å². The third kappa shape index (κ3) is 5.37. The second kappa shape index (κ2) is 11.9. The van der Waals surface area contributed by atoms with Gasteiger partial charge in [0.15, 0.2) is 5.78 Å². The summed E-state index contributed by atoms with van der Waals surface area (Å²) in [5.41, 5.74) is 0.766. The predicted octanol–water partition coefficient (Wildman–Crippen LogP) is 7.74. The minimum atomic E-state index is -1.15. The van der Waals surface area contributed by atoms with Crippen molar-refractivity contribution >= 4 is 17.7 Å². The Morgan fingerprint density at radius 3 is 2.23 bits per heavy atom. The Labute approximate surface area is 289 Å². The summed E-state index contributed by atoms with van der Waals surface area (Å²) in [6, 6.07) is 0. The minimum absolute atomic E-state index is 0.0323. The normalized spacial score (nSPS) is 41.3. The summed E-state index contributed by atoms with van der Waals surface area (Å²) >= 11 is 0. The lowest BCUT2D eigenvalue weighted by Crippen LogP contribution is -2.66. The van der Waals surface area contributed by atoms with Crippen molar-refractivity contribution in [1.29, 1.82) is 0 Å². The first-order chi connectivity index (χ1) is 22.2. The third-order valence-electron chi connectivity index (χ3n) is 16.0. The lowest BCUT2D eigenvalue weighted by Gasteiger charge is -2.72. The Kier molecular flexibility index (Phi) is 8.96. The molecule has 5 fully saturated rings. The highest BCUT2D eigenvalue weighted by atomic mass is 16.5. The van der Waals surface area contributed by atoms with Crippen molar-refractivity contribution in [3.63, 3.8) is 0 Å². The largest absolute Gasteiger partial charge is 0.481 e. The number of allylic oxidation sites excluding steroid dienone is 1. The first-order valence-corrected chi connectivity index (χ1v) is 19.3. The maximum Gasteiger partial charge on any atom is 0.309 e. The number of carbonyl (C=O) groups excluding carboxylic acids is 2. The van der Waals surface area contributed by atoms with E-state index in [0.717, 1.165) is 69.4 Å². The molecular formula is C41H65NO6. The van der Waals surface area contributed by atoms with Crippen LogP contribution in [0.25, 0.3) is 0 Å². The molecule has 9 atom stereocenters. The van der Waals surface area contributed by atoms with Gasteiger partial charge in [-0.25, -0.2) is 0 Å². The van der Waals surface area contributed by atoms with Crippen molar-refractivity contribution in [3.05, 3.63) is 11.1 Å². The molecule has 7 nitrogen and oxygen atoms in total. The van der Waals surface area contributed by atoms with E-state index in [2.05, 4.69) is 53.8 Å². The molecule has 7 heteroatoms. The Balaban J connectivity index is 1.27. The molecule has 48 heavy (non-hydrogen) atoms. The number of rotatable bonds is 10. The van der Waals surface area contributed by atoms with Gasteiger partial charge in [0.05, 0.1) is 17.9 Å². The summed E-state index contributed by atoms with van der Waals surface area (Å²) < 4.78 is 6.15. The van der Waals surface area contributed by atoms with Gasteiger partial charge in [0.25, 0.3) is 0 Å². The molecule has 0 aromatic rings. The van der Waals surface area contributed by atoms with E-state index < -0.39 is 28.9 Å². The monoisotopic (exact) mass is 667 g/mol. The average molecular weight is 668 g/mol. The summed E-state index contributed by atoms with van der Waals surface area (Å²) in [4.78, 5) is 38.7. The molecule has 0 bridgehead atoms. The van der Waals surface area contributed by atoms with Gasteiger partial charge in [-0.15, -0.1) is 0 Å². The fraction of sp³-hybridized carbons (Fsp3) is 0.878. The van der Waals surface area contributed by atoms with Crippen LogP contribution in [0.2, 0.25) is 0 Å². The van der Waals surface area contributed by atoms with Gasteiger partial charge in [-0.05, 0) is 136 Å². The Morgan fingerprint density at radius 2 is 1.60 bits per heavy atom. The highest BCUT2D eigenvalue weighted by Gasteiger charge is 2.70. The van der Waals surface area contributed by atoms with E-state index in [0.29, 0.717) is 30.7 Å². The van der Waals surface area contributed by atoms with E-state index >= 15 is 0 Å². The molecule has 0 radical (unpaired) electrons. The zero-order chi connectivity index (χ0) is 35.2. The molecule has 0 aliphatic heterocycles. The molecule has 270 valence electrons. The summed E-state index contributed by atoms with van der Waals surface area (Å²) in [5, 5.41) is 25.1. The first kappa shape index (κ1) is 36.1. The molecule has 6 rings (SSSR count). The number of hydrogen-bond acceptors (Lipinski definition) is 6. The highest BCUT2D eigenvalue weighted by Crippen LogP contribution is 2.77. The molecule has 5 saturated carbocycles.